The topological polar surface area (TPSA) is 71.1 Å². The number of rotatable bonds is 5. The molecule has 0 atom stereocenters. The van der Waals surface area contributed by atoms with Crippen molar-refractivity contribution in [1.82, 2.24) is 10.3 Å². The van der Waals surface area contributed by atoms with Crippen LogP contribution in [0.15, 0.2) is 41.6 Å². The molecule has 1 aromatic heterocycles. The van der Waals surface area contributed by atoms with Gasteiger partial charge in [0, 0.05) is 21.3 Å². The van der Waals surface area contributed by atoms with Crippen LogP contribution in [0.5, 0.6) is 0 Å². The number of hydrogen-bond acceptors (Lipinski definition) is 4. The third kappa shape index (κ3) is 4.29. The van der Waals surface area contributed by atoms with Crippen molar-refractivity contribution < 1.29 is 8.42 Å². The molecule has 2 rings (SSSR count). The molecule has 8 heteroatoms. The average molecular weight is 438 g/mol. The zero-order valence-electron chi connectivity index (χ0n) is 11.1. The summed E-state index contributed by atoms with van der Waals surface area (Å²) in [4.78, 5) is 3.99. The summed E-state index contributed by atoms with van der Waals surface area (Å²) in [7, 11) is -1.90. The van der Waals surface area contributed by atoms with Crippen LogP contribution in [0.2, 0.25) is 5.02 Å². The lowest BCUT2D eigenvalue weighted by Gasteiger charge is -2.10. The van der Waals surface area contributed by atoms with Crippen LogP contribution in [-0.2, 0) is 16.6 Å². The number of sulfonamides is 1. The Kier molecular flexibility index (Phi) is 5.42. The molecule has 5 nitrogen and oxygen atoms in total. The van der Waals surface area contributed by atoms with E-state index in [4.69, 9.17) is 11.6 Å². The fourth-order valence-corrected chi connectivity index (χ4v) is 3.85. The second-order valence-electron chi connectivity index (χ2n) is 4.26. The quantitative estimate of drug-likeness (QED) is 0.706. The second-order valence-corrected chi connectivity index (χ2v) is 7.49. The molecular weight excluding hydrogens is 425 g/mol. The summed E-state index contributed by atoms with van der Waals surface area (Å²) >= 11 is 7.87. The zero-order valence-corrected chi connectivity index (χ0v) is 14.8. The molecule has 112 valence electrons. The highest BCUT2D eigenvalue weighted by Gasteiger charge is 2.17. The van der Waals surface area contributed by atoms with Gasteiger partial charge in [-0.3, -0.25) is 4.72 Å². The molecule has 1 aromatic carbocycles. The van der Waals surface area contributed by atoms with Crippen molar-refractivity contribution in [2.24, 2.45) is 0 Å². The van der Waals surface area contributed by atoms with Crippen LogP contribution in [0.1, 0.15) is 5.56 Å². The minimum Gasteiger partial charge on any atom is -0.316 e. The largest absolute Gasteiger partial charge is 0.316 e. The summed E-state index contributed by atoms with van der Waals surface area (Å²) in [5.74, 6) is 0. The van der Waals surface area contributed by atoms with E-state index in [2.05, 4.69) is 15.0 Å². The lowest BCUT2D eigenvalue weighted by Crippen LogP contribution is -2.15. The van der Waals surface area contributed by atoms with Crippen LogP contribution in [0.4, 0.5) is 5.69 Å². The number of aromatic nitrogens is 1. The van der Waals surface area contributed by atoms with Crippen molar-refractivity contribution in [2.45, 2.75) is 11.6 Å². The molecule has 1 heterocycles. The van der Waals surface area contributed by atoms with E-state index >= 15 is 0 Å². The summed E-state index contributed by atoms with van der Waals surface area (Å²) in [6, 6.07) is 8.15. The van der Waals surface area contributed by atoms with Gasteiger partial charge in [-0.05, 0) is 59.5 Å². The van der Waals surface area contributed by atoms with E-state index in [1.165, 1.54) is 12.3 Å². The Morgan fingerprint density at radius 3 is 2.62 bits per heavy atom. The van der Waals surface area contributed by atoms with Gasteiger partial charge in [0.15, 0.2) is 5.03 Å². The van der Waals surface area contributed by atoms with E-state index in [0.717, 1.165) is 9.13 Å². The summed E-state index contributed by atoms with van der Waals surface area (Å²) in [5, 5.41) is 3.51. The summed E-state index contributed by atoms with van der Waals surface area (Å²) < 4.78 is 27.8. The summed E-state index contributed by atoms with van der Waals surface area (Å²) in [6.45, 7) is 0.635. The van der Waals surface area contributed by atoms with Gasteiger partial charge in [0.05, 0.1) is 5.69 Å². The van der Waals surface area contributed by atoms with Gasteiger partial charge in [-0.2, -0.15) is 8.42 Å². The zero-order chi connectivity index (χ0) is 15.5. The first-order valence-corrected chi connectivity index (χ1v) is 8.94. The van der Waals surface area contributed by atoms with Gasteiger partial charge in [-0.15, -0.1) is 0 Å². The van der Waals surface area contributed by atoms with Crippen LogP contribution < -0.4 is 10.0 Å². The number of nitrogens with zero attached hydrogens (tertiary/aromatic N) is 1. The van der Waals surface area contributed by atoms with Crippen LogP contribution in [0.25, 0.3) is 0 Å². The van der Waals surface area contributed by atoms with Crippen LogP contribution >= 0.6 is 34.2 Å². The van der Waals surface area contributed by atoms with Crippen LogP contribution in [0, 0.1) is 3.57 Å². The molecule has 2 N–H and O–H groups in total. The van der Waals surface area contributed by atoms with Crippen molar-refractivity contribution in [2.75, 3.05) is 11.8 Å². The number of nitrogens with one attached hydrogen (secondary N) is 2. The highest BCUT2D eigenvalue weighted by molar-refractivity contribution is 14.1. The normalized spacial score (nSPS) is 11.4. The summed E-state index contributed by atoms with van der Waals surface area (Å²) in [6.07, 6.45) is 1.54. The van der Waals surface area contributed by atoms with Crippen molar-refractivity contribution >= 4 is 49.9 Å². The first-order valence-electron chi connectivity index (χ1n) is 6.00. The average Bonchev–Trinajstić information content (AvgIpc) is 2.43. The van der Waals surface area contributed by atoms with Gasteiger partial charge < -0.3 is 5.32 Å². The first kappa shape index (κ1) is 16.5. The molecule has 0 unspecified atom stereocenters. The Morgan fingerprint density at radius 1 is 1.29 bits per heavy atom. The van der Waals surface area contributed by atoms with E-state index in [1.54, 1.807) is 24.3 Å². The lowest BCUT2D eigenvalue weighted by atomic mass is 10.3. The summed E-state index contributed by atoms with van der Waals surface area (Å²) in [5.41, 5.74) is 1.39. The second kappa shape index (κ2) is 6.91. The number of anilines is 1. The minimum atomic E-state index is -3.71. The predicted octanol–water partition coefficient (Wildman–Crippen LogP) is 2.86. The molecule has 0 radical (unpaired) electrons. The van der Waals surface area contributed by atoms with Gasteiger partial charge in [-0.1, -0.05) is 17.7 Å². The maximum absolute atomic E-state index is 12.3. The fourth-order valence-electron chi connectivity index (χ4n) is 1.65. The molecule has 2 aromatic rings. The molecule has 0 bridgehead atoms. The molecule has 0 aliphatic carbocycles. The number of benzene rings is 1. The van der Waals surface area contributed by atoms with Crippen molar-refractivity contribution in [1.29, 1.82) is 0 Å². The molecule has 0 aliphatic heterocycles. The Balaban J connectivity index is 2.25. The van der Waals surface area contributed by atoms with Crippen molar-refractivity contribution in [3.63, 3.8) is 0 Å². The fraction of sp³-hybridized carbons (Fsp3) is 0.154. The van der Waals surface area contributed by atoms with E-state index in [9.17, 15) is 8.42 Å². The SMILES string of the molecule is CNCc1ccc(S(=O)(=O)Nc2ccc(Cl)cc2I)nc1. The monoisotopic (exact) mass is 437 g/mol. The minimum absolute atomic E-state index is 0.0203. The lowest BCUT2D eigenvalue weighted by molar-refractivity contribution is 0.597. The maximum Gasteiger partial charge on any atom is 0.279 e. The molecule has 0 saturated heterocycles. The Morgan fingerprint density at radius 2 is 2.05 bits per heavy atom. The Bertz CT molecular complexity index is 736. The highest BCUT2D eigenvalue weighted by atomic mass is 127. The Labute approximate surface area is 142 Å². The van der Waals surface area contributed by atoms with Gasteiger partial charge in [0.25, 0.3) is 10.0 Å². The smallest absolute Gasteiger partial charge is 0.279 e. The van der Waals surface area contributed by atoms with E-state index in [1.807, 2.05) is 29.6 Å². The molecule has 0 aliphatic rings. The van der Waals surface area contributed by atoms with Gasteiger partial charge in [0.1, 0.15) is 0 Å². The van der Waals surface area contributed by atoms with Crippen LogP contribution in [-0.4, -0.2) is 20.4 Å². The molecule has 0 amide bonds. The van der Waals surface area contributed by atoms with Gasteiger partial charge in [-0.25, -0.2) is 4.98 Å². The third-order valence-electron chi connectivity index (χ3n) is 2.63. The third-order valence-corrected chi connectivity index (χ3v) is 5.04. The van der Waals surface area contributed by atoms with Crippen molar-refractivity contribution in [3.8, 4) is 0 Å². The standard InChI is InChI=1S/C13H13ClIN3O2S/c1-16-7-9-2-5-13(17-8-9)21(19,20)18-12-4-3-10(14)6-11(12)15/h2-6,8,16,18H,7H2,1H3. The number of hydrogen-bond donors (Lipinski definition) is 2. The van der Waals surface area contributed by atoms with Crippen LogP contribution in [0.3, 0.4) is 0 Å². The first-order chi connectivity index (χ1) is 9.92. The van der Waals surface area contributed by atoms with Crippen molar-refractivity contribution in [3.05, 3.63) is 50.7 Å². The molecule has 0 fully saturated rings. The Hall–Kier alpha value is -0.900. The van der Waals surface area contributed by atoms with Gasteiger partial charge in [0.2, 0.25) is 0 Å². The molecule has 21 heavy (non-hydrogen) atoms. The predicted molar refractivity (Wildman–Crippen MR) is 92.0 cm³/mol. The number of pyridine rings is 1. The van der Waals surface area contributed by atoms with E-state index in [0.29, 0.717) is 17.3 Å². The molecule has 0 saturated carbocycles. The van der Waals surface area contributed by atoms with E-state index in [-0.39, 0.29) is 5.03 Å². The highest BCUT2D eigenvalue weighted by Crippen LogP contribution is 2.24. The van der Waals surface area contributed by atoms with E-state index < -0.39 is 10.0 Å². The maximum atomic E-state index is 12.3. The molecule has 0 spiro atoms. The van der Waals surface area contributed by atoms with Gasteiger partial charge >= 0.3 is 0 Å². The number of halogens is 2. The molecular formula is C13H13ClIN3O2S.